The summed E-state index contributed by atoms with van der Waals surface area (Å²) < 4.78 is 16.5. The molecule has 5 nitrogen and oxygen atoms in total. The van der Waals surface area contributed by atoms with E-state index in [2.05, 4.69) is 20.7 Å². The first-order valence-corrected chi connectivity index (χ1v) is 7.32. The average Bonchev–Trinajstić information content (AvgIpc) is 2.50. The quantitative estimate of drug-likeness (QED) is 0.496. The van der Waals surface area contributed by atoms with Crippen LogP contribution in [0.25, 0.3) is 0 Å². The van der Waals surface area contributed by atoms with Gasteiger partial charge in [-0.15, -0.1) is 0 Å². The molecule has 0 radical (unpaired) electrons. The zero-order valence-corrected chi connectivity index (χ0v) is 13.8. The van der Waals surface area contributed by atoms with E-state index in [4.69, 9.17) is 15.2 Å². The largest absolute Gasteiger partial charge is 0.482 e. The molecule has 0 saturated heterocycles. The van der Waals surface area contributed by atoms with Crippen molar-refractivity contribution in [3.05, 3.63) is 40.9 Å². The maximum atomic E-state index is 11.1. The SMILES string of the molecule is Bc1cc(OCC(=O)OC)cc(Br)c1Oc1ccc(N)cc1. The Hall–Kier alpha value is -2.15. The lowest BCUT2D eigenvalue weighted by molar-refractivity contribution is -0.142. The lowest BCUT2D eigenvalue weighted by Gasteiger charge is -2.13. The van der Waals surface area contributed by atoms with Crippen LogP contribution in [0, 0.1) is 0 Å². The second kappa shape index (κ2) is 7.22. The lowest BCUT2D eigenvalue weighted by atomic mass is 9.95. The predicted molar refractivity (Wildman–Crippen MR) is 90.8 cm³/mol. The van der Waals surface area contributed by atoms with Gasteiger partial charge in [-0.05, 0) is 57.8 Å². The predicted octanol–water partition coefficient (Wildman–Crippen LogP) is 1.63. The zero-order valence-electron chi connectivity index (χ0n) is 12.3. The summed E-state index contributed by atoms with van der Waals surface area (Å²) in [5.41, 5.74) is 7.19. The Labute approximate surface area is 137 Å². The molecular formula is C15H15BBrNO4. The van der Waals surface area contributed by atoms with E-state index in [1.807, 2.05) is 7.85 Å². The molecule has 0 aliphatic carbocycles. The average molecular weight is 364 g/mol. The van der Waals surface area contributed by atoms with Crippen molar-refractivity contribution in [1.29, 1.82) is 0 Å². The number of anilines is 1. The third-order valence-corrected chi connectivity index (χ3v) is 3.48. The maximum absolute atomic E-state index is 11.1. The Morgan fingerprint density at radius 1 is 1.23 bits per heavy atom. The number of rotatable bonds is 5. The van der Waals surface area contributed by atoms with Crippen molar-refractivity contribution in [1.82, 2.24) is 0 Å². The van der Waals surface area contributed by atoms with Gasteiger partial charge in [0, 0.05) is 5.69 Å². The number of methoxy groups -OCH3 is 1. The van der Waals surface area contributed by atoms with Crippen LogP contribution in [0.5, 0.6) is 17.2 Å². The molecule has 0 fully saturated rings. The van der Waals surface area contributed by atoms with Gasteiger partial charge in [0.15, 0.2) is 6.61 Å². The van der Waals surface area contributed by atoms with Crippen LogP contribution in [0.3, 0.4) is 0 Å². The van der Waals surface area contributed by atoms with E-state index < -0.39 is 5.97 Å². The Balaban J connectivity index is 2.16. The fourth-order valence-corrected chi connectivity index (χ4v) is 2.39. The molecule has 2 rings (SSSR count). The van der Waals surface area contributed by atoms with Crippen LogP contribution in [0.1, 0.15) is 0 Å². The minimum atomic E-state index is -0.434. The molecule has 0 amide bonds. The zero-order chi connectivity index (χ0) is 16.1. The molecule has 0 spiro atoms. The van der Waals surface area contributed by atoms with Gasteiger partial charge in [0.1, 0.15) is 25.1 Å². The maximum Gasteiger partial charge on any atom is 0.343 e. The summed E-state index contributed by atoms with van der Waals surface area (Å²) >= 11 is 3.45. The van der Waals surface area contributed by atoms with Gasteiger partial charge < -0.3 is 19.9 Å². The minimum Gasteiger partial charge on any atom is -0.482 e. The summed E-state index contributed by atoms with van der Waals surface area (Å²) in [7, 11) is 3.21. The van der Waals surface area contributed by atoms with E-state index in [9.17, 15) is 4.79 Å². The molecule has 7 heteroatoms. The number of hydrogen-bond donors (Lipinski definition) is 1. The van der Waals surface area contributed by atoms with Gasteiger partial charge in [-0.3, -0.25) is 0 Å². The summed E-state index contributed by atoms with van der Waals surface area (Å²) in [6.45, 7) is -0.138. The van der Waals surface area contributed by atoms with Crippen LogP contribution in [-0.4, -0.2) is 27.5 Å². The molecule has 2 N–H and O–H groups in total. The van der Waals surface area contributed by atoms with Crippen LogP contribution < -0.4 is 20.7 Å². The number of carbonyl (C=O) groups excluding carboxylic acids is 1. The van der Waals surface area contributed by atoms with E-state index in [1.54, 1.807) is 36.4 Å². The van der Waals surface area contributed by atoms with Gasteiger partial charge in [-0.1, -0.05) is 0 Å². The van der Waals surface area contributed by atoms with Crippen LogP contribution in [-0.2, 0) is 9.53 Å². The molecule has 0 saturated carbocycles. The van der Waals surface area contributed by atoms with Crippen LogP contribution in [0.2, 0.25) is 0 Å². The van der Waals surface area contributed by atoms with Crippen LogP contribution >= 0.6 is 15.9 Å². The second-order valence-electron chi connectivity index (χ2n) is 4.59. The summed E-state index contributed by atoms with van der Waals surface area (Å²) in [5.74, 6) is 1.48. The van der Waals surface area contributed by atoms with E-state index in [1.165, 1.54) is 7.11 Å². The fraction of sp³-hybridized carbons (Fsp3) is 0.133. The molecular weight excluding hydrogens is 349 g/mol. The first kappa shape index (κ1) is 16.2. The third-order valence-electron chi connectivity index (χ3n) is 2.89. The van der Waals surface area contributed by atoms with E-state index >= 15 is 0 Å². The number of esters is 1. The number of ether oxygens (including phenoxy) is 3. The number of hydrogen-bond acceptors (Lipinski definition) is 5. The molecule has 114 valence electrons. The van der Waals surface area contributed by atoms with E-state index in [-0.39, 0.29) is 6.61 Å². The lowest BCUT2D eigenvalue weighted by Crippen LogP contribution is -2.14. The number of halogens is 1. The van der Waals surface area contributed by atoms with Crippen molar-refractivity contribution in [2.24, 2.45) is 0 Å². The van der Waals surface area contributed by atoms with Gasteiger partial charge in [0.05, 0.1) is 11.6 Å². The minimum absolute atomic E-state index is 0.138. The molecule has 2 aromatic carbocycles. The summed E-state index contributed by atoms with van der Waals surface area (Å²) in [6.07, 6.45) is 0. The fourth-order valence-electron chi connectivity index (χ4n) is 1.77. The molecule has 0 heterocycles. The van der Waals surface area contributed by atoms with Crippen molar-refractivity contribution in [3.63, 3.8) is 0 Å². The highest BCUT2D eigenvalue weighted by atomic mass is 79.9. The normalized spacial score (nSPS) is 10.1. The van der Waals surface area contributed by atoms with Crippen molar-refractivity contribution >= 4 is 40.9 Å². The van der Waals surface area contributed by atoms with Gasteiger partial charge in [0.2, 0.25) is 0 Å². The molecule has 2 aromatic rings. The Bertz CT molecular complexity index is 653. The highest BCUT2D eigenvalue weighted by Gasteiger charge is 2.11. The number of benzene rings is 2. The van der Waals surface area contributed by atoms with Gasteiger partial charge in [-0.2, -0.15) is 0 Å². The first-order valence-electron chi connectivity index (χ1n) is 6.52. The second-order valence-corrected chi connectivity index (χ2v) is 5.44. The topological polar surface area (TPSA) is 70.8 Å². The van der Waals surface area contributed by atoms with Crippen molar-refractivity contribution in [2.75, 3.05) is 19.5 Å². The van der Waals surface area contributed by atoms with Crippen molar-refractivity contribution < 1.29 is 19.0 Å². The monoisotopic (exact) mass is 363 g/mol. The van der Waals surface area contributed by atoms with Crippen LogP contribution in [0.4, 0.5) is 5.69 Å². The molecule has 0 aliphatic heterocycles. The first-order chi connectivity index (χ1) is 10.5. The molecule has 0 unspecified atom stereocenters. The van der Waals surface area contributed by atoms with E-state index in [0.29, 0.717) is 22.9 Å². The van der Waals surface area contributed by atoms with Gasteiger partial charge in [-0.25, -0.2) is 4.79 Å². The van der Waals surface area contributed by atoms with Gasteiger partial charge in [0.25, 0.3) is 0 Å². The Morgan fingerprint density at radius 2 is 1.91 bits per heavy atom. The van der Waals surface area contributed by atoms with Crippen molar-refractivity contribution in [2.45, 2.75) is 0 Å². The molecule has 0 bridgehead atoms. The van der Waals surface area contributed by atoms with E-state index in [0.717, 1.165) is 9.94 Å². The molecule has 0 aliphatic rings. The molecule has 0 aromatic heterocycles. The highest BCUT2D eigenvalue weighted by Crippen LogP contribution is 2.31. The van der Waals surface area contributed by atoms with Gasteiger partial charge >= 0.3 is 5.97 Å². The standard InChI is InChI=1S/C15H15BBrNO4/c1-20-14(19)8-21-11-6-12(16)15(13(17)7-11)22-10-4-2-9(18)3-5-10/h2-7H,8,16,18H2,1H3. The molecule has 22 heavy (non-hydrogen) atoms. The van der Waals surface area contributed by atoms with Crippen molar-refractivity contribution in [3.8, 4) is 17.2 Å². The van der Waals surface area contributed by atoms with Crippen LogP contribution in [0.15, 0.2) is 40.9 Å². The Morgan fingerprint density at radius 3 is 2.50 bits per heavy atom. The molecule has 0 atom stereocenters. The smallest absolute Gasteiger partial charge is 0.343 e. The number of carbonyl (C=O) groups is 1. The third kappa shape index (κ3) is 4.18. The number of nitrogen functional groups attached to an aromatic ring is 1. The summed E-state index contributed by atoms with van der Waals surface area (Å²) in [5, 5.41) is 0. The number of nitrogens with two attached hydrogens (primary N) is 1. The highest BCUT2D eigenvalue weighted by molar-refractivity contribution is 9.10. The Kier molecular flexibility index (Phi) is 5.33. The summed E-state index contributed by atoms with van der Waals surface area (Å²) in [6, 6.07) is 10.7. The summed E-state index contributed by atoms with van der Waals surface area (Å²) in [4.78, 5) is 11.1.